The van der Waals surface area contributed by atoms with E-state index >= 15 is 0 Å². The van der Waals surface area contributed by atoms with Gasteiger partial charge in [0.2, 0.25) is 0 Å². The Morgan fingerprint density at radius 1 is 1.10 bits per heavy atom. The molecule has 3 rings (SSSR count). The molecule has 1 N–H and O–H groups in total. The number of benzene rings is 2. The van der Waals surface area contributed by atoms with Gasteiger partial charge in [-0.05, 0) is 30.7 Å². The summed E-state index contributed by atoms with van der Waals surface area (Å²) in [4.78, 5) is 2.29. The Labute approximate surface area is 119 Å². The molecule has 20 heavy (non-hydrogen) atoms. The monoisotopic (exact) mass is 270 g/mol. The van der Waals surface area contributed by atoms with E-state index in [2.05, 4.69) is 41.4 Å². The van der Waals surface area contributed by atoms with Gasteiger partial charge in [0.15, 0.2) is 0 Å². The molecule has 0 radical (unpaired) electrons. The zero-order valence-electron chi connectivity index (χ0n) is 11.6. The summed E-state index contributed by atoms with van der Waals surface area (Å²) in [6.45, 7) is 3.91. The molecule has 0 aromatic heterocycles. The Morgan fingerprint density at radius 2 is 1.90 bits per heavy atom. The van der Waals surface area contributed by atoms with E-state index in [-0.39, 0.29) is 11.9 Å². The predicted octanol–water partition coefficient (Wildman–Crippen LogP) is 3.37. The lowest BCUT2D eigenvalue weighted by molar-refractivity contribution is 0.416. The maximum atomic E-state index is 13.5. The number of piperazine rings is 1. The summed E-state index contributed by atoms with van der Waals surface area (Å²) in [6, 6.07) is 17.9. The van der Waals surface area contributed by atoms with Crippen LogP contribution in [-0.2, 0) is 0 Å². The van der Waals surface area contributed by atoms with E-state index in [4.69, 9.17) is 0 Å². The molecule has 2 nitrogen and oxygen atoms in total. The van der Waals surface area contributed by atoms with Gasteiger partial charge in [0.05, 0.1) is 6.04 Å². The number of anilines is 1. The van der Waals surface area contributed by atoms with Gasteiger partial charge >= 0.3 is 0 Å². The van der Waals surface area contributed by atoms with Crippen LogP contribution in [0.4, 0.5) is 10.1 Å². The number of nitrogens with one attached hydrogen (secondary N) is 1. The van der Waals surface area contributed by atoms with Crippen LogP contribution in [0.15, 0.2) is 54.6 Å². The van der Waals surface area contributed by atoms with Gasteiger partial charge in [-0.2, -0.15) is 0 Å². The van der Waals surface area contributed by atoms with E-state index < -0.39 is 0 Å². The molecule has 0 aliphatic carbocycles. The minimum atomic E-state index is -0.180. The van der Waals surface area contributed by atoms with Gasteiger partial charge in [-0.3, -0.25) is 0 Å². The van der Waals surface area contributed by atoms with Crippen molar-refractivity contribution in [1.29, 1.82) is 0 Å². The molecule has 0 bridgehead atoms. The van der Waals surface area contributed by atoms with Crippen molar-refractivity contribution in [2.45, 2.75) is 19.0 Å². The van der Waals surface area contributed by atoms with Crippen LogP contribution in [0.3, 0.4) is 0 Å². The van der Waals surface area contributed by atoms with Crippen LogP contribution in [0.5, 0.6) is 0 Å². The fourth-order valence-electron chi connectivity index (χ4n) is 2.82. The topological polar surface area (TPSA) is 15.3 Å². The molecule has 0 spiro atoms. The fourth-order valence-corrected chi connectivity index (χ4v) is 2.82. The lowest BCUT2D eigenvalue weighted by Gasteiger charge is -2.41. The highest BCUT2D eigenvalue weighted by atomic mass is 19.1. The second-order valence-electron chi connectivity index (χ2n) is 5.37. The first-order valence-corrected chi connectivity index (χ1v) is 7.04. The van der Waals surface area contributed by atoms with Gasteiger partial charge in [-0.1, -0.05) is 36.4 Å². The molecular formula is C17H19FN2. The van der Waals surface area contributed by atoms with Gasteiger partial charge in [-0.15, -0.1) is 0 Å². The Kier molecular flexibility index (Phi) is 3.70. The van der Waals surface area contributed by atoms with Crippen LogP contribution in [0.2, 0.25) is 0 Å². The Hall–Kier alpha value is -1.87. The molecule has 1 fully saturated rings. The van der Waals surface area contributed by atoms with Gasteiger partial charge in [0.25, 0.3) is 0 Å². The Morgan fingerprint density at radius 3 is 2.65 bits per heavy atom. The number of hydrogen-bond donors (Lipinski definition) is 1. The van der Waals surface area contributed by atoms with Crippen LogP contribution in [0, 0.1) is 5.82 Å². The molecular weight excluding hydrogens is 251 g/mol. The first kappa shape index (κ1) is 13.1. The quantitative estimate of drug-likeness (QED) is 0.900. The molecule has 1 heterocycles. The van der Waals surface area contributed by atoms with E-state index in [0.717, 1.165) is 18.8 Å². The second-order valence-corrected chi connectivity index (χ2v) is 5.37. The molecule has 2 atom stereocenters. The number of hydrogen-bond acceptors (Lipinski definition) is 2. The molecule has 104 valence electrons. The van der Waals surface area contributed by atoms with Crippen LogP contribution in [0.1, 0.15) is 18.5 Å². The summed E-state index contributed by atoms with van der Waals surface area (Å²) >= 11 is 0. The normalized spacial score (nSPS) is 22.8. The average Bonchev–Trinajstić information content (AvgIpc) is 2.48. The third-order valence-electron chi connectivity index (χ3n) is 3.83. The van der Waals surface area contributed by atoms with Crippen molar-refractivity contribution >= 4 is 5.69 Å². The molecule has 2 unspecified atom stereocenters. The average molecular weight is 270 g/mol. The highest BCUT2D eigenvalue weighted by Crippen LogP contribution is 2.29. The summed E-state index contributed by atoms with van der Waals surface area (Å²) in [7, 11) is 0. The van der Waals surface area contributed by atoms with Crippen LogP contribution in [-0.4, -0.2) is 19.1 Å². The van der Waals surface area contributed by atoms with Crippen LogP contribution >= 0.6 is 0 Å². The molecule has 0 saturated carbocycles. The maximum absolute atomic E-state index is 13.5. The van der Waals surface area contributed by atoms with E-state index in [9.17, 15) is 4.39 Å². The van der Waals surface area contributed by atoms with Crippen molar-refractivity contribution in [3.05, 3.63) is 66.0 Å². The molecule has 0 amide bonds. The SMILES string of the molecule is CC1CN(c2cccc(F)c2)C(c2ccccc2)CN1. The van der Waals surface area contributed by atoms with Crippen molar-refractivity contribution in [1.82, 2.24) is 5.32 Å². The van der Waals surface area contributed by atoms with Gasteiger partial charge in [0, 0.05) is 24.8 Å². The van der Waals surface area contributed by atoms with Crippen molar-refractivity contribution in [3.63, 3.8) is 0 Å². The maximum Gasteiger partial charge on any atom is 0.125 e. The highest BCUT2D eigenvalue weighted by molar-refractivity contribution is 5.50. The minimum Gasteiger partial charge on any atom is -0.362 e. The Balaban J connectivity index is 1.95. The molecule has 1 saturated heterocycles. The smallest absolute Gasteiger partial charge is 0.125 e. The molecule has 3 heteroatoms. The summed E-state index contributed by atoms with van der Waals surface area (Å²) in [5.74, 6) is -0.180. The lowest BCUT2D eigenvalue weighted by atomic mass is 10.0. The van der Waals surface area contributed by atoms with Crippen molar-refractivity contribution in [2.75, 3.05) is 18.0 Å². The predicted molar refractivity (Wildman–Crippen MR) is 80.4 cm³/mol. The summed E-state index contributed by atoms with van der Waals surface area (Å²) in [6.07, 6.45) is 0. The number of nitrogens with zero attached hydrogens (tertiary/aromatic N) is 1. The van der Waals surface area contributed by atoms with Gasteiger partial charge in [0.1, 0.15) is 5.82 Å². The largest absolute Gasteiger partial charge is 0.362 e. The van der Waals surface area contributed by atoms with Crippen molar-refractivity contribution < 1.29 is 4.39 Å². The minimum absolute atomic E-state index is 0.180. The summed E-state index contributed by atoms with van der Waals surface area (Å²) in [5, 5.41) is 3.51. The van der Waals surface area contributed by atoms with Crippen molar-refractivity contribution in [2.24, 2.45) is 0 Å². The van der Waals surface area contributed by atoms with Crippen LogP contribution in [0.25, 0.3) is 0 Å². The second kappa shape index (κ2) is 5.63. The van der Waals surface area contributed by atoms with E-state index in [0.29, 0.717) is 6.04 Å². The Bertz CT molecular complexity index is 570. The third kappa shape index (κ3) is 2.68. The fraction of sp³-hybridized carbons (Fsp3) is 0.294. The zero-order chi connectivity index (χ0) is 13.9. The summed E-state index contributed by atoms with van der Waals surface area (Å²) in [5.41, 5.74) is 2.21. The van der Waals surface area contributed by atoms with Gasteiger partial charge < -0.3 is 10.2 Å². The van der Waals surface area contributed by atoms with E-state index in [1.54, 1.807) is 12.1 Å². The van der Waals surface area contributed by atoms with Crippen LogP contribution < -0.4 is 10.2 Å². The van der Waals surface area contributed by atoms with Crippen molar-refractivity contribution in [3.8, 4) is 0 Å². The standard InChI is InChI=1S/C17H19FN2/c1-13-12-20(16-9-5-8-15(18)10-16)17(11-19-13)14-6-3-2-4-7-14/h2-10,13,17,19H,11-12H2,1H3. The summed E-state index contributed by atoms with van der Waals surface area (Å²) < 4.78 is 13.5. The zero-order valence-corrected chi connectivity index (χ0v) is 11.6. The molecule has 1 aliphatic heterocycles. The molecule has 1 aliphatic rings. The molecule has 2 aromatic carbocycles. The highest BCUT2D eigenvalue weighted by Gasteiger charge is 2.27. The first-order chi connectivity index (χ1) is 9.74. The third-order valence-corrected chi connectivity index (χ3v) is 3.83. The number of rotatable bonds is 2. The van der Waals surface area contributed by atoms with E-state index in [1.165, 1.54) is 11.6 Å². The number of halogens is 1. The molecule has 2 aromatic rings. The lowest BCUT2D eigenvalue weighted by Crippen LogP contribution is -2.51. The first-order valence-electron chi connectivity index (χ1n) is 7.04. The van der Waals surface area contributed by atoms with E-state index in [1.807, 2.05) is 12.1 Å². The van der Waals surface area contributed by atoms with Gasteiger partial charge in [-0.25, -0.2) is 4.39 Å².